The van der Waals surface area contributed by atoms with Crippen LogP contribution in [0.5, 0.6) is 0 Å². The summed E-state index contributed by atoms with van der Waals surface area (Å²) < 4.78 is 0. The second kappa shape index (κ2) is 3.69. The first-order chi connectivity index (χ1) is 6.20. The molecule has 0 amide bonds. The Labute approximate surface area is 88.8 Å². The third kappa shape index (κ3) is 3.83. The molecule has 0 radical (unpaired) electrons. The van der Waals surface area contributed by atoms with Crippen LogP contribution in [0.15, 0.2) is 12.2 Å². The summed E-state index contributed by atoms with van der Waals surface area (Å²) in [6, 6.07) is 0. The molecule has 0 spiro atoms. The Bertz CT molecular complexity index is 210. The molecule has 1 aliphatic rings. The maximum absolute atomic E-state index is 5.96. The molecule has 14 heavy (non-hydrogen) atoms. The lowest BCUT2D eigenvalue weighted by Crippen LogP contribution is -2.30. The van der Waals surface area contributed by atoms with E-state index in [1.807, 2.05) is 0 Å². The van der Waals surface area contributed by atoms with Crippen LogP contribution in [-0.4, -0.2) is 5.54 Å². The summed E-state index contributed by atoms with van der Waals surface area (Å²) in [6.07, 6.45) is 7.31. The van der Waals surface area contributed by atoms with E-state index < -0.39 is 0 Å². The van der Waals surface area contributed by atoms with Gasteiger partial charge in [-0.25, -0.2) is 0 Å². The third-order valence-electron chi connectivity index (χ3n) is 2.86. The van der Waals surface area contributed by atoms with Gasteiger partial charge >= 0.3 is 0 Å². The van der Waals surface area contributed by atoms with Crippen LogP contribution in [0.2, 0.25) is 0 Å². The van der Waals surface area contributed by atoms with Gasteiger partial charge in [-0.2, -0.15) is 0 Å². The molecule has 1 atom stereocenters. The summed E-state index contributed by atoms with van der Waals surface area (Å²) in [6.45, 7) is 11.1. The first-order valence-corrected chi connectivity index (χ1v) is 5.68. The fourth-order valence-corrected chi connectivity index (χ4v) is 1.96. The molecule has 1 nitrogen and oxygen atoms in total. The Morgan fingerprint density at radius 1 is 1.14 bits per heavy atom. The van der Waals surface area contributed by atoms with Crippen molar-refractivity contribution in [2.45, 2.75) is 53.0 Å². The van der Waals surface area contributed by atoms with Crippen molar-refractivity contribution in [2.75, 3.05) is 0 Å². The van der Waals surface area contributed by atoms with Crippen molar-refractivity contribution in [3.63, 3.8) is 0 Å². The highest BCUT2D eigenvalue weighted by atomic mass is 14.7. The van der Waals surface area contributed by atoms with Crippen molar-refractivity contribution in [1.29, 1.82) is 0 Å². The number of allylic oxidation sites excluding steroid dienone is 1. The average molecular weight is 195 g/mol. The lowest BCUT2D eigenvalue weighted by Gasteiger charge is -2.29. The van der Waals surface area contributed by atoms with Crippen LogP contribution in [0, 0.1) is 17.3 Å². The smallest absolute Gasteiger partial charge is 0.0281 e. The molecule has 1 rings (SSSR count). The lowest BCUT2D eigenvalue weighted by atomic mass is 9.77. The number of hydrogen-bond acceptors (Lipinski definition) is 1. The molecule has 2 N–H and O–H groups in total. The second-order valence-electron chi connectivity index (χ2n) is 6.41. The van der Waals surface area contributed by atoms with Gasteiger partial charge in [-0.15, -0.1) is 0 Å². The fraction of sp³-hybridized carbons (Fsp3) is 0.846. The molecular weight excluding hydrogens is 170 g/mol. The largest absolute Gasteiger partial charge is 0.322 e. The lowest BCUT2D eigenvalue weighted by molar-refractivity contribution is 0.263. The Balaban J connectivity index is 2.65. The molecule has 0 aromatic heterocycles. The Morgan fingerprint density at radius 2 is 1.64 bits per heavy atom. The molecule has 1 unspecified atom stereocenters. The highest BCUT2D eigenvalue weighted by Gasteiger charge is 2.36. The average Bonchev–Trinajstić information content (AvgIpc) is 2.64. The van der Waals surface area contributed by atoms with Gasteiger partial charge in [0, 0.05) is 5.54 Å². The number of rotatable bonds is 3. The Kier molecular flexibility index (Phi) is 3.10. The molecular formula is C13H25N. The normalized spacial score (nSPS) is 21.6. The van der Waals surface area contributed by atoms with Crippen molar-refractivity contribution >= 4 is 0 Å². The molecule has 0 heterocycles. The van der Waals surface area contributed by atoms with Gasteiger partial charge in [0.05, 0.1) is 0 Å². The quantitative estimate of drug-likeness (QED) is 0.687. The van der Waals surface area contributed by atoms with Gasteiger partial charge in [0.1, 0.15) is 0 Å². The van der Waals surface area contributed by atoms with E-state index in [2.05, 4.69) is 46.8 Å². The van der Waals surface area contributed by atoms with Gasteiger partial charge in [-0.05, 0) is 43.9 Å². The molecule has 1 saturated carbocycles. The molecule has 0 aliphatic heterocycles. The fourth-order valence-electron chi connectivity index (χ4n) is 1.96. The van der Waals surface area contributed by atoms with Crippen molar-refractivity contribution in [3.05, 3.63) is 12.2 Å². The van der Waals surface area contributed by atoms with Crippen molar-refractivity contribution in [2.24, 2.45) is 23.0 Å². The molecule has 0 aromatic carbocycles. The highest BCUT2D eigenvalue weighted by molar-refractivity contribution is 5.07. The summed E-state index contributed by atoms with van der Waals surface area (Å²) in [5, 5.41) is 0. The van der Waals surface area contributed by atoms with Gasteiger partial charge in [-0.1, -0.05) is 32.9 Å². The predicted molar refractivity (Wildman–Crippen MR) is 63.1 cm³/mol. The molecule has 1 heteroatoms. The maximum Gasteiger partial charge on any atom is 0.0281 e. The minimum Gasteiger partial charge on any atom is -0.322 e. The van der Waals surface area contributed by atoms with Gasteiger partial charge < -0.3 is 5.73 Å². The van der Waals surface area contributed by atoms with E-state index >= 15 is 0 Å². The zero-order chi connectivity index (χ0) is 11.0. The zero-order valence-corrected chi connectivity index (χ0v) is 10.3. The van der Waals surface area contributed by atoms with Crippen molar-refractivity contribution in [1.82, 2.24) is 0 Å². The monoisotopic (exact) mass is 195 g/mol. The third-order valence-corrected chi connectivity index (χ3v) is 2.86. The van der Waals surface area contributed by atoms with E-state index in [0.717, 1.165) is 5.92 Å². The van der Waals surface area contributed by atoms with Gasteiger partial charge in [0.2, 0.25) is 0 Å². The van der Waals surface area contributed by atoms with E-state index in [4.69, 9.17) is 5.73 Å². The van der Waals surface area contributed by atoms with Crippen LogP contribution < -0.4 is 5.73 Å². The first kappa shape index (κ1) is 11.8. The Morgan fingerprint density at radius 3 is 1.93 bits per heavy atom. The summed E-state index contributed by atoms with van der Waals surface area (Å²) in [5.41, 5.74) is 6.17. The van der Waals surface area contributed by atoms with Crippen LogP contribution in [-0.2, 0) is 0 Å². The number of nitrogens with two attached hydrogens (primary N) is 1. The van der Waals surface area contributed by atoms with Gasteiger partial charge in [0.15, 0.2) is 0 Å². The van der Waals surface area contributed by atoms with Crippen molar-refractivity contribution < 1.29 is 0 Å². The minimum absolute atomic E-state index is 0.168. The molecule has 1 aliphatic carbocycles. The molecule has 0 saturated heterocycles. The predicted octanol–water partition coefficient (Wildman–Crippen LogP) is 3.35. The maximum atomic E-state index is 5.96. The van der Waals surface area contributed by atoms with Gasteiger partial charge in [0.25, 0.3) is 0 Å². The highest BCUT2D eigenvalue weighted by Crippen LogP contribution is 2.46. The van der Waals surface area contributed by atoms with Crippen LogP contribution in [0.1, 0.15) is 47.5 Å². The molecule has 0 bridgehead atoms. The topological polar surface area (TPSA) is 26.0 Å². The first-order valence-electron chi connectivity index (χ1n) is 5.68. The Hall–Kier alpha value is -0.300. The second-order valence-corrected chi connectivity index (χ2v) is 6.41. The zero-order valence-electron chi connectivity index (χ0n) is 10.3. The van der Waals surface area contributed by atoms with Crippen molar-refractivity contribution in [3.8, 4) is 0 Å². The van der Waals surface area contributed by atoms with Crippen LogP contribution in [0.25, 0.3) is 0 Å². The van der Waals surface area contributed by atoms with Crippen LogP contribution >= 0.6 is 0 Å². The summed E-state index contributed by atoms with van der Waals surface area (Å²) in [7, 11) is 0. The summed E-state index contributed by atoms with van der Waals surface area (Å²) in [5.74, 6) is 1.61. The SMILES string of the molecule is CC(C)(N)C=CC(C1CC1)C(C)(C)C. The van der Waals surface area contributed by atoms with Crippen LogP contribution in [0.4, 0.5) is 0 Å². The number of hydrogen-bond donors (Lipinski definition) is 1. The molecule has 82 valence electrons. The van der Waals surface area contributed by atoms with Gasteiger partial charge in [-0.3, -0.25) is 0 Å². The van der Waals surface area contributed by atoms with E-state index in [-0.39, 0.29) is 5.54 Å². The standard InChI is InChI=1S/C13H25N/c1-12(2,3)11(10-6-7-10)8-9-13(4,5)14/h8-11H,6-7,14H2,1-5H3. The van der Waals surface area contributed by atoms with E-state index in [1.54, 1.807) is 0 Å². The molecule has 0 aromatic rings. The molecule has 1 fully saturated rings. The van der Waals surface area contributed by atoms with E-state index in [9.17, 15) is 0 Å². The van der Waals surface area contributed by atoms with E-state index in [1.165, 1.54) is 12.8 Å². The van der Waals surface area contributed by atoms with E-state index in [0.29, 0.717) is 11.3 Å². The van der Waals surface area contributed by atoms with Crippen LogP contribution in [0.3, 0.4) is 0 Å². The minimum atomic E-state index is -0.168. The summed E-state index contributed by atoms with van der Waals surface area (Å²) >= 11 is 0. The summed E-state index contributed by atoms with van der Waals surface area (Å²) in [4.78, 5) is 0.